The summed E-state index contributed by atoms with van der Waals surface area (Å²) in [5, 5.41) is 12.4. The van der Waals surface area contributed by atoms with Crippen molar-refractivity contribution in [3.05, 3.63) is 35.4 Å². The van der Waals surface area contributed by atoms with Crippen molar-refractivity contribution >= 4 is 13.3 Å². The van der Waals surface area contributed by atoms with Crippen molar-refractivity contribution in [3.63, 3.8) is 0 Å². The first-order valence-electron chi connectivity index (χ1n) is 9.56. The van der Waals surface area contributed by atoms with Crippen LogP contribution >= 0.6 is 0 Å². The van der Waals surface area contributed by atoms with Crippen molar-refractivity contribution in [2.45, 2.75) is 32.5 Å². The molecule has 0 saturated carbocycles. The van der Waals surface area contributed by atoms with Crippen LogP contribution in [0.4, 0.5) is 0 Å². The van der Waals surface area contributed by atoms with Gasteiger partial charge in [-0.2, -0.15) is 0 Å². The molecule has 1 N–H and O–H groups in total. The number of phenolic OH excluding ortho intramolecular Hbond substituents is 1. The largest absolute Gasteiger partial charge is 0.504 e. The van der Waals surface area contributed by atoms with E-state index in [0.29, 0.717) is 5.75 Å². The Balaban J connectivity index is 2.38. The fourth-order valence-electron chi connectivity index (χ4n) is 4.13. The van der Waals surface area contributed by atoms with Crippen molar-refractivity contribution in [3.8, 4) is 28.4 Å². The summed E-state index contributed by atoms with van der Waals surface area (Å²) in [6, 6.07) is 8.14. The zero-order chi connectivity index (χ0) is 19.8. The Bertz CT molecular complexity index is 842. The molecule has 146 valence electrons. The molecule has 0 spiro atoms. The summed E-state index contributed by atoms with van der Waals surface area (Å²) in [5.74, 6) is 1.74. The lowest BCUT2D eigenvalue weighted by Crippen LogP contribution is -2.42. The molecule has 0 amide bonds. The van der Waals surface area contributed by atoms with Crippen LogP contribution in [0.5, 0.6) is 17.2 Å². The fraction of sp³-hybridized carbons (Fsp3) is 0.455. The van der Waals surface area contributed by atoms with E-state index in [4.69, 9.17) is 9.47 Å². The minimum absolute atomic E-state index is 0.243. The molecule has 1 aliphatic rings. The Labute approximate surface area is 163 Å². The molecule has 0 atom stereocenters. The van der Waals surface area contributed by atoms with Gasteiger partial charge in [0.2, 0.25) is 0 Å². The van der Waals surface area contributed by atoms with E-state index in [1.807, 2.05) is 6.07 Å². The van der Waals surface area contributed by atoms with E-state index < -0.39 is 8.07 Å². The van der Waals surface area contributed by atoms with Gasteiger partial charge in [-0.15, -0.1) is 0 Å². The maximum absolute atomic E-state index is 11.0. The summed E-state index contributed by atoms with van der Waals surface area (Å²) in [7, 11) is 3.85. The fourth-order valence-corrected chi connectivity index (χ4v) is 6.22. The Kier molecular flexibility index (Phi) is 5.54. The van der Waals surface area contributed by atoms with E-state index in [9.17, 15) is 5.11 Å². The molecule has 0 bridgehead atoms. The van der Waals surface area contributed by atoms with Crippen LogP contribution in [-0.2, 0) is 12.8 Å². The summed E-state index contributed by atoms with van der Waals surface area (Å²) in [4.78, 5) is 2.37. The van der Waals surface area contributed by atoms with Crippen molar-refractivity contribution < 1.29 is 14.6 Å². The molecule has 0 aromatic heterocycles. The number of fused-ring (bicyclic) bond motifs is 3. The van der Waals surface area contributed by atoms with Crippen molar-refractivity contribution in [1.29, 1.82) is 0 Å². The van der Waals surface area contributed by atoms with Crippen LogP contribution in [0.15, 0.2) is 24.3 Å². The molecule has 0 unspecified atom stereocenters. The number of methoxy groups -OCH3 is 2. The molecule has 5 heteroatoms. The van der Waals surface area contributed by atoms with Gasteiger partial charge in [-0.3, -0.25) is 0 Å². The van der Waals surface area contributed by atoms with Crippen LogP contribution in [0, 0.1) is 0 Å². The van der Waals surface area contributed by atoms with Crippen LogP contribution in [0.1, 0.15) is 11.1 Å². The number of aromatic hydroxyl groups is 1. The van der Waals surface area contributed by atoms with Crippen LogP contribution in [0.25, 0.3) is 11.1 Å². The summed E-state index contributed by atoms with van der Waals surface area (Å²) in [6.07, 6.45) is 1.84. The number of rotatable bonds is 3. The van der Waals surface area contributed by atoms with E-state index >= 15 is 0 Å². The molecule has 0 saturated heterocycles. The third kappa shape index (κ3) is 3.71. The van der Waals surface area contributed by atoms with Gasteiger partial charge in [-0.05, 0) is 53.9 Å². The third-order valence-electron chi connectivity index (χ3n) is 5.47. The van der Waals surface area contributed by atoms with Crippen LogP contribution in [0.2, 0.25) is 19.6 Å². The molecule has 1 aliphatic heterocycles. The zero-order valence-corrected chi connectivity index (χ0v) is 18.3. The van der Waals surface area contributed by atoms with Gasteiger partial charge >= 0.3 is 0 Å². The lowest BCUT2D eigenvalue weighted by Gasteiger charge is -2.27. The predicted octanol–water partition coefficient (Wildman–Crippen LogP) is 3.65. The average molecular weight is 386 g/mol. The average Bonchev–Trinajstić information content (AvgIpc) is 2.69. The number of hydrogen-bond acceptors (Lipinski definition) is 4. The second-order valence-electron chi connectivity index (χ2n) is 8.37. The van der Waals surface area contributed by atoms with E-state index in [1.165, 1.54) is 10.8 Å². The molecule has 0 fully saturated rings. The Hall–Kier alpha value is -1.98. The van der Waals surface area contributed by atoms with Gasteiger partial charge in [-0.1, -0.05) is 31.8 Å². The van der Waals surface area contributed by atoms with Crippen molar-refractivity contribution in [1.82, 2.24) is 4.90 Å². The number of phenols is 1. The zero-order valence-electron chi connectivity index (χ0n) is 17.3. The van der Waals surface area contributed by atoms with E-state index in [2.05, 4.69) is 49.8 Å². The summed E-state index contributed by atoms with van der Waals surface area (Å²) in [6.45, 7) is 9.02. The first-order chi connectivity index (χ1) is 12.8. The second kappa shape index (κ2) is 7.56. The Morgan fingerprint density at radius 2 is 1.56 bits per heavy atom. The number of likely N-dealkylation sites (N-methyl/N-ethyl adjacent to an activating group) is 1. The molecule has 2 aromatic rings. The lowest BCUT2D eigenvalue weighted by atomic mass is 9.91. The molecule has 0 aliphatic carbocycles. The highest BCUT2D eigenvalue weighted by atomic mass is 28.3. The van der Waals surface area contributed by atoms with E-state index in [1.54, 1.807) is 14.2 Å². The lowest BCUT2D eigenvalue weighted by molar-refractivity contribution is 0.343. The van der Waals surface area contributed by atoms with Gasteiger partial charge in [0.15, 0.2) is 11.5 Å². The van der Waals surface area contributed by atoms with Gasteiger partial charge < -0.3 is 19.5 Å². The van der Waals surface area contributed by atoms with Crippen LogP contribution < -0.4 is 14.7 Å². The minimum atomic E-state index is -1.67. The second-order valence-corrected chi connectivity index (χ2v) is 13.4. The summed E-state index contributed by atoms with van der Waals surface area (Å²) in [5.41, 5.74) is 4.51. The van der Waals surface area contributed by atoms with Gasteiger partial charge in [0.25, 0.3) is 0 Å². The number of nitrogens with zero attached hydrogens (tertiary/aromatic N) is 1. The van der Waals surface area contributed by atoms with Crippen molar-refractivity contribution in [2.24, 2.45) is 0 Å². The molecule has 2 aromatic carbocycles. The maximum atomic E-state index is 11.0. The molecule has 1 heterocycles. The van der Waals surface area contributed by atoms with E-state index in [-0.39, 0.29) is 5.75 Å². The number of ether oxygens (including phenoxy) is 2. The standard InChI is InChI=1S/C22H31NO3Si/c1-23-13-11-15-7-9-18(25-2)21(24)20(15)16-8-10-19(26-3)22(27(4,5)6)17(16)12-14-23/h7-10,24H,11-14H2,1-6H3. The molecule has 3 rings (SSSR count). The highest BCUT2D eigenvalue weighted by Crippen LogP contribution is 2.42. The number of hydrogen-bond donors (Lipinski definition) is 1. The molecule has 27 heavy (non-hydrogen) atoms. The summed E-state index contributed by atoms with van der Waals surface area (Å²) >= 11 is 0. The SMILES string of the molecule is COc1ccc2c(c1O)-c1ccc(OC)c([Si](C)(C)C)c1CCN(C)CC2. The van der Waals surface area contributed by atoms with E-state index in [0.717, 1.165) is 48.4 Å². The predicted molar refractivity (Wildman–Crippen MR) is 115 cm³/mol. The van der Waals surface area contributed by atoms with Gasteiger partial charge in [0.05, 0.1) is 22.3 Å². The first kappa shape index (κ1) is 19.8. The molecular formula is C22H31NO3Si. The van der Waals surface area contributed by atoms with Gasteiger partial charge in [0.1, 0.15) is 5.75 Å². The van der Waals surface area contributed by atoms with Gasteiger partial charge in [-0.25, -0.2) is 0 Å². The smallest absolute Gasteiger partial charge is 0.165 e. The van der Waals surface area contributed by atoms with Crippen LogP contribution in [-0.4, -0.2) is 52.4 Å². The molecule has 0 radical (unpaired) electrons. The Morgan fingerprint density at radius 1 is 0.926 bits per heavy atom. The van der Waals surface area contributed by atoms with Crippen molar-refractivity contribution in [2.75, 3.05) is 34.4 Å². The highest BCUT2D eigenvalue weighted by molar-refractivity contribution is 6.89. The van der Waals surface area contributed by atoms with Gasteiger partial charge in [0, 0.05) is 18.7 Å². The Morgan fingerprint density at radius 3 is 2.19 bits per heavy atom. The quantitative estimate of drug-likeness (QED) is 0.819. The molecular weight excluding hydrogens is 354 g/mol. The topological polar surface area (TPSA) is 41.9 Å². The maximum Gasteiger partial charge on any atom is 0.165 e. The third-order valence-corrected chi connectivity index (χ3v) is 7.52. The van der Waals surface area contributed by atoms with Crippen LogP contribution in [0.3, 0.4) is 0 Å². The monoisotopic (exact) mass is 385 g/mol. The molecule has 4 nitrogen and oxygen atoms in total. The number of benzene rings is 2. The normalized spacial score (nSPS) is 15.2. The summed E-state index contributed by atoms with van der Waals surface area (Å²) < 4.78 is 11.2. The highest BCUT2D eigenvalue weighted by Gasteiger charge is 2.29. The minimum Gasteiger partial charge on any atom is -0.504 e. The first-order valence-corrected chi connectivity index (χ1v) is 13.1.